The van der Waals surface area contributed by atoms with Gasteiger partial charge in [0.2, 0.25) is 5.91 Å². The van der Waals surface area contributed by atoms with Gasteiger partial charge in [-0.3, -0.25) is 4.79 Å². The normalized spacial score (nSPS) is 23.8. The fourth-order valence-corrected chi connectivity index (χ4v) is 4.20. The molecule has 0 spiro atoms. The number of rotatable bonds is 4. The third-order valence-corrected chi connectivity index (χ3v) is 5.49. The number of thioether (sulfide) groups is 1. The molecule has 1 aromatic rings. The molecule has 2 aliphatic heterocycles. The highest BCUT2D eigenvalue weighted by atomic mass is 35.5. The smallest absolute Gasteiger partial charge is 0.233 e. The number of likely N-dealkylation sites (tertiary alicyclic amines) is 1. The molecule has 3 nitrogen and oxygen atoms in total. The van der Waals surface area contributed by atoms with Crippen LogP contribution in [-0.2, 0) is 4.79 Å². The Bertz CT molecular complexity index is 473. The van der Waals surface area contributed by atoms with Crippen LogP contribution in [0.1, 0.15) is 23.8 Å². The molecule has 0 saturated carbocycles. The van der Waals surface area contributed by atoms with E-state index in [2.05, 4.69) is 4.90 Å². The van der Waals surface area contributed by atoms with Crippen LogP contribution in [0, 0.1) is 0 Å². The van der Waals surface area contributed by atoms with Crippen molar-refractivity contribution >= 4 is 29.3 Å². The lowest BCUT2D eigenvalue weighted by Gasteiger charge is -2.26. The van der Waals surface area contributed by atoms with E-state index in [9.17, 15) is 4.79 Å². The highest BCUT2D eigenvalue weighted by Gasteiger charge is 2.32. The molecule has 1 aromatic carbocycles. The first-order chi connectivity index (χ1) is 9.74. The first kappa shape index (κ1) is 14.2. The van der Waals surface area contributed by atoms with Gasteiger partial charge in [-0.2, -0.15) is 0 Å². The molecule has 5 heteroatoms. The minimum Gasteiger partial charge on any atom is -0.325 e. The lowest BCUT2D eigenvalue weighted by molar-refractivity contribution is -0.128. The number of carbonyl (C=O) groups is 1. The summed E-state index contributed by atoms with van der Waals surface area (Å²) in [4.78, 5) is 16.6. The van der Waals surface area contributed by atoms with Crippen LogP contribution in [0.5, 0.6) is 0 Å². The zero-order chi connectivity index (χ0) is 13.9. The van der Waals surface area contributed by atoms with Gasteiger partial charge in [-0.05, 0) is 43.6 Å². The van der Waals surface area contributed by atoms with Crippen LogP contribution in [0.25, 0.3) is 0 Å². The largest absolute Gasteiger partial charge is 0.325 e. The van der Waals surface area contributed by atoms with E-state index in [0.29, 0.717) is 5.75 Å². The fourth-order valence-electron chi connectivity index (χ4n) is 2.85. The van der Waals surface area contributed by atoms with Crippen LogP contribution >= 0.6 is 23.4 Å². The second kappa shape index (κ2) is 6.37. The Hall–Kier alpha value is -0.710. The van der Waals surface area contributed by atoms with Gasteiger partial charge in [0.25, 0.3) is 0 Å². The van der Waals surface area contributed by atoms with E-state index in [4.69, 9.17) is 11.6 Å². The number of carbonyl (C=O) groups excluding carboxylic acids is 1. The average molecular weight is 311 g/mol. The zero-order valence-corrected chi connectivity index (χ0v) is 13.0. The van der Waals surface area contributed by atoms with E-state index in [1.54, 1.807) is 11.8 Å². The molecule has 1 unspecified atom stereocenters. The molecule has 1 atom stereocenters. The van der Waals surface area contributed by atoms with E-state index < -0.39 is 0 Å². The highest BCUT2D eigenvalue weighted by Crippen LogP contribution is 2.38. The van der Waals surface area contributed by atoms with Crippen LogP contribution in [-0.4, -0.2) is 47.6 Å². The molecular weight excluding hydrogens is 292 g/mol. The van der Waals surface area contributed by atoms with Gasteiger partial charge in [0.15, 0.2) is 0 Å². The summed E-state index contributed by atoms with van der Waals surface area (Å²) in [7, 11) is 0. The summed E-state index contributed by atoms with van der Waals surface area (Å²) in [6, 6.07) is 7.86. The Balaban J connectivity index is 1.66. The Morgan fingerprint density at radius 3 is 2.55 bits per heavy atom. The van der Waals surface area contributed by atoms with Gasteiger partial charge in [-0.25, -0.2) is 0 Å². The molecule has 2 fully saturated rings. The van der Waals surface area contributed by atoms with Gasteiger partial charge >= 0.3 is 0 Å². The van der Waals surface area contributed by atoms with Crippen molar-refractivity contribution in [3.05, 3.63) is 34.9 Å². The molecule has 0 bridgehead atoms. The molecule has 20 heavy (non-hydrogen) atoms. The summed E-state index contributed by atoms with van der Waals surface area (Å²) >= 11 is 7.65. The first-order valence-electron chi connectivity index (χ1n) is 7.13. The number of amides is 1. The summed E-state index contributed by atoms with van der Waals surface area (Å²) in [5, 5.41) is 0.897. The van der Waals surface area contributed by atoms with Crippen molar-refractivity contribution in [1.29, 1.82) is 0 Å². The van der Waals surface area contributed by atoms with E-state index in [1.807, 2.05) is 29.2 Å². The van der Waals surface area contributed by atoms with E-state index in [0.717, 1.165) is 18.1 Å². The van der Waals surface area contributed by atoms with E-state index in [-0.39, 0.29) is 11.3 Å². The number of nitrogens with zero attached hydrogens (tertiary/aromatic N) is 2. The maximum atomic E-state index is 12.1. The molecule has 1 amide bonds. The van der Waals surface area contributed by atoms with Crippen molar-refractivity contribution in [2.75, 3.05) is 31.9 Å². The Morgan fingerprint density at radius 1 is 1.15 bits per heavy atom. The summed E-state index contributed by atoms with van der Waals surface area (Å²) in [5.74, 6) is 0.849. The van der Waals surface area contributed by atoms with Gasteiger partial charge in [0.1, 0.15) is 5.37 Å². The van der Waals surface area contributed by atoms with Crippen LogP contribution in [0.4, 0.5) is 0 Å². The first-order valence-corrected chi connectivity index (χ1v) is 8.55. The number of hydrogen-bond acceptors (Lipinski definition) is 3. The Kier molecular flexibility index (Phi) is 4.54. The third-order valence-electron chi connectivity index (χ3n) is 3.98. The van der Waals surface area contributed by atoms with Crippen LogP contribution in [0.3, 0.4) is 0 Å². The van der Waals surface area contributed by atoms with Crippen molar-refractivity contribution in [2.24, 2.45) is 0 Å². The maximum Gasteiger partial charge on any atom is 0.233 e. The molecule has 0 N–H and O–H groups in total. The molecule has 0 aromatic heterocycles. The lowest BCUT2D eigenvalue weighted by atomic mass is 10.2. The number of hydrogen-bond donors (Lipinski definition) is 0. The highest BCUT2D eigenvalue weighted by molar-refractivity contribution is 8.00. The Morgan fingerprint density at radius 2 is 1.85 bits per heavy atom. The van der Waals surface area contributed by atoms with Gasteiger partial charge < -0.3 is 9.80 Å². The molecule has 0 aliphatic carbocycles. The van der Waals surface area contributed by atoms with Crippen LogP contribution in [0.2, 0.25) is 5.02 Å². The predicted octanol–water partition coefficient (Wildman–Crippen LogP) is 3.01. The minimum absolute atomic E-state index is 0.155. The molecule has 0 radical (unpaired) electrons. The van der Waals surface area contributed by atoms with E-state index in [1.165, 1.54) is 31.5 Å². The standard InChI is InChI=1S/C15H19ClN2OS/c16-13-5-3-12(4-6-13)15-18(14(19)11-20-15)10-9-17-7-1-2-8-17/h3-6,15H,1-2,7-11H2. The van der Waals surface area contributed by atoms with Crippen molar-refractivity contribution in [2.45, 2.75) is 18.2 Å². The Labute approximate surface area is 129 Å². The molecule has 2 heterocycles. The summed E-state index contributed by atoms with van der Waals surface area (Å²) in [6.45, 7) is 4.19. The summed E-state index contributed by atoms with van der Waals surface area (Å²) < 4.78 is 0. The molecule has 2 aliphatic rings. The predicted molar refractivity (Wildman–Crippen MR) is 84.0 cm³/mol. The molecule has 2 saturated heterocycles. The quantitative estimate of drug-likeness (QED) is 0.854. The minimum atomic E-state index is 0.155. The maximum absolute atomic E-state index is 12.1. The lowest BCUT2D eigenvalue weighted by Crippen LogP contribution is -2.36. The van der Waals surface area contributed by atoms with E-state index >= 15 is 0 Å². The summed E-state index contributed by atoms with van der Waals surface area (Å²) in [6.07, 6.45) is 2.59. The molecular formula is C15H19ClN2OS. The van der Waals surface area contributed by atoms with Gasteiger partial charge in [-0.15, -0.1) is 11.8 Å². The fraction of sp³-hybridized carbons (Fsp3) is 0.533. The van der Waals surface area contributed by atoms with Crippen molar-refractivity contribution in [3.63, 3.8) is 0 Å². The van der Waals surface area contributed by atoms with Gasteiger partial charge in [0, 0.05) is 18.1 Å². The zero-order valence-electron chi connectivity index (χ0n) is 11.4. The second-order valence-electron chi connectivity index (χ2n) is 5.35. The third kappa shape index (κ3) is 3.13. The SMILES string of the molecule is O=C1CSC(c2ccc(Cl)cc2)N1CCN1CCCC1. The molecule has 108 valence electrons. The van der Waals surface area contributed by atoms with Gasteiger partial charge in [-0.1, -0.05) is 23.7 Å². The van der Waals surface area contributed by atoms with Crippen LogP contribution < -0.4 is 0 Å². The summed E-state index contributed by atoms with van der Waals surface area (Å²) in [5.41, 5.74) is 1.17. The average Bonchev–Trinajstić information content (AvgIpc) is 3.07. The van der Waals surface area contributed by atoms with Crippen molar-refractivity contribution in [3.8, 4) is 0 Å². The van der Waals surface area contributed by atoms with Crippen LogP contribution in [0.15, 0.2) is 24.3 Å². The topological polar surface area (TPSA) is 23.6 Å². The number of halogens is 1. The number of benzene rings is 1. The van der Waals surface area contributed by atoms with Crippen molar-refractivity contribution in [1.82, 2.24) is 9.80 Å². The van der Waals surface area contributed by atoms with Crippen molar-refractivity contribution < 1.29 is 4.79 Å². The second-order valence-corrected chi connectivity index (χ2v) is 6.86. The monoisotopic (exact) mass is 310 g/mol. The van der Waals surface area contributed by atoms with Gasteiger partial charge in [0.05, 0.1) is 5.75 Å². The molecule has 3 rings (SSSR count).